The predicted molar refractivity (Wildman–Crippen MR) is 96.5 cm³/mol. The second-order valence-corrected chi connectivity index (χ2v) is 7.49. The van der Waals surface area contributed by atoms with Crippen molar-refractivity contribution in [1.29, 1.82) is 0 Å². The summed E-state index contributed by atoms with van der Waals surface area (Å²) < 4.78 is 0.865. The molecular weight excluding hydrogens is 328 g/mol. The molecule has 0 unspecified atom stereocenters. The van der Waals surface area contributed by atoms with Crippen LogP contribution in [0.2, 0.25) is 0 Å². The number of carbonyl (C=O) groups is 1. The Morgan fingerprint density at radius 3 is 2.70 bits per heavy atom. The summed E-state index contributed by atoms with van der Waals surface area (Å²) in [4.78, 5) is 16.5. The summed E-state index contributed by atoms with van der Waals surface area (Å²) in [5, 5.41) is 9.44. The van der Waals surface area contributed by atoms with Crippen molar-refractivity contribution in [2.45, 2.75) is 24.1 Å². The average molecular weight is 348 g/mol. The lowest BCUT2D eigenvalue weighted by Crippen LogP contribution is -2.32. The number of aromatic nitrogens is 2. The molecule has 0 atom stereocenters. The van der Waals surface area contributed by atoms with Crippen molar-refractivity contribution in [3.8, 4) is 0 Å². The third kappa shape index (κ3) is 4.03. The Kier molecular flexibility index (Phi) is 5.51. The SMILES string of the molecule is CCN(C(=O)CSc1nnc(N2CCCC2)s1)c1ccccc1. The quantitative estimate of drug-likeness (QED) is 0.750. The second kappa shape index (κ2) is 7.79. The lowest BCUT2D eigenvalue weighted by molar-refractivity contribution is -0.116. The first-order valence-corrected chi connectivity index (χ1v) is 9.65. The summed E-state index contributed by atoms with van der Waals surface area (Å²) >= 11 is 3.06. The molecule has 122 valence electrons. The van der Waals surface area contributed by atoms with Crippen LogP contribution in [0.3, 0.4) is 0 Å². The molecule has 2 heterocycles. The van der Waals surface area contributed by atoms with Crippen LogP contribution in [0.25, 0.3) is 0 Å². The maximum atomic E-state index is 12.5. The van der Waals surface area contributed by atoms with Gasteiger partial charge in [0, 0.05) is 25.3 Å². The lowest BCUT2D eigenvalue weighted by Gasteiger charge is -2.20. The van der Waals surface area contributed by atoms with Crippen LogP contribution in [0.4, 0.5) is 10.8 Å². The van der Waals surface area contributed by atoms with Crippen LogP contribution in [-0.4, -0.2) is 41.5 Å². The number of anilines is 2. The van der Waals surface area contributed by atoms with Crippen molar-refractivity contribution in [3.63, 3.8) is 0 Å². The number of rotatable bonds is 6. The van der Waals surface area contributed by atoms with Crippen molar-refractivity contribution >= 4 is 39.8 Å². The first-order chi connectivity index (χ1) is 11.3. The molecule has 0 radical (unpaired) electrons. The smallest absolute Gasteiger partial charge is 0.237 e. The van der Waals surface area contributed by atoms with Gasteiger partial charge in [-0.05, 0) is 31.9 Å². The van der Waals surface area contributed by atoms with Crippen LogP contribution >= 0.6 is 23.1 Å². The summed E-state index contributed by atoms with van der Waals surface area (Å²) in [5.41, 5.74) is 0.940. The Hall–Kier alpha value is -1.60. The summed E-state index contributed by atoms with van der Waals surface area (Å²) in [7, 11) is 0. The number of hydrogen-bond acceptors (Lipinski definition) is 6. The van der Waals surface area contributed by atoms with E-state index in [9.17, 15) is 4.79 Å². The van der Waals surface area contributed by atoms with E-state index >= 15 is 0 Å². The number of benzene rings is 1. The molecule has 0 spiro atoms. The van der Waals surface area contributed by atoms with E-state index in [0.717, 1.165) is 28.2 Å². The lowest BCUT2D eigenvalue weighted by atomic mass is 10.3. The van der Waals surface area contributed by atoms with Crippen molar-refractivity contribution in [2.24, 2.45) is 0 Å². The minimum absolute atomic E-state index is 0.0987. The molecule has 2 aromatic rings. The summed E-state index contributed by atoms with van der Waals surface area (Å²) in [6.45, 7) is 4.79. The number of amides is 1. The molecule has 1 fully saturated rings. The number of thioether (sulfide) groups is 1. The highest BCUT2D eigenvalue weighted by atomic mass is 32.2. The summed E-state index contributed by atoms with van der Waals surface area (Å²) in [6, 6.07) is 9.78. The summed E-state index contributed by atoms with van der Waals surface area (Å²) in [5.74, 6) is 0.485. The molecule has 0 N–H and O–H groups in total. The van der Waals surface area contributed by atoms with Gasteiger partial charge in [0.25, 0.3) is 0 Å². The number of hydrogen-bond donors (Lipinski definition) is 0. The second-order valence-electron chi connectivity index (χ2n) is 5.31. The first kappa shape index (κ1) is 16.3. The maximum absolute atomic E-state index is 12.5. The molecule has 1 aromatic carbocycles. The van der Waals surface area contributed by atoms with E-state index in [-0.39, 0.29) is 5.91 Å². The van der Waals surface area contributed by atoms with Gasteiger partial charge in [-0.2, -0.15) is 0 Å². The third-order valence-corrected chi connectivity index (χ3v) is 5.88. The maximum Gasteiger partial charge on any atom is 0.237 e. The van der Waals surface area contributed by atoms with Gasteiger partial charge in [0.15, 0.2) is 4.34 Å². The Bertz CT molecular complexity index is 641. The van der Waals surface area contributed by atoms with E-state index in [2.05, 4.69) is 15.1 Å². The van der Waals surface area contributed by atoms with Crippen LogP contribution in [0.15, 0.2) is 34.7 Å². The zero-order valence-electron chi connectivity index (χ0n) is 13.1. The molecule has 23 heavy (non-hydrogen) atoms. The largest absolute Gasteiger partial charge is 0.347 e. The number of nitrogens with zero attached hydrogens (tertiary/aromatic N) is 4. The molecule has 7 heteroatoms. The molecule has 1 amide bonds. The zero-order valence-corrected chi connectivity index (χ0v) is 14.8. The van der Waals surface area contributed by atoms with Crippen molar-refractivity contribution in [1.82, 2.24) is 10.2 Å². The molecule has 1 aromatic heterocycles. The van der Waals surface area contributed by atoms with Crippen molar-refractivity contribution < 1.29 is 4.79 Å². The molecule has 1 aliphatic heterocycles. The van der Waals surface area contributed by atoms with Gasteiger partial charge in [-0.3, -0.25) is 4.79 Å². The van der Waals surface area contributed by atoms with E-state index in [0.29, 0.717) is 12.3 Å². The fraction of sp³-hybridized carbons (Fsp3) is 0.438. The Morgan fingerprint density at radius 1 is 1.26 bits per heavy atom. The zero-order chi connectivity index (χ0) is 16.1. The molecule has 1 saturated heterocycles. The monoisotopic (exact) mass is 348 g/mol. The molecule has 0 bridgehead atoms. The van der Waals surface area contributed by atoms with Gasteiger partial charge < -0.3 is 9.80 Å². The molecule has 0 aliphatic carbocycles. The first-order valence-electron chi connectivity index (χ1n) is 7.84. The van der Waals surface area contributed by atoms with Crippen molar-refractivity contribution in [3.05, 3.63) is 30.3 Å². The molecule has 1 aliphatic rings. The minimum Gasteiger partial charge on any atom is -0.347 e. The highest BCUT2D eigenvalue weighted by molar-refractivity contribution is 8.01. The van der Waals surface area contributed by atoms with Gasteiger partial charge in [0.1, 0.15) is 0 Å². The van der Waals surface area contributed by atoms with E-state index in [1.165, 1.54) is 24.6 Å². The van der Waals surface area contributed by atoms with Crippen LogP contribution < -0.4 is 9.80 Å². The van der Waals surface area contributed by atoms with Crippen LogP contribution in [0.1, 0.15) is 19.8 Å². The molecule has 0 saturated carbocycles. The minimum atomic E-state index is 0.0987. The van der Waals surface area contributed by atoms with Crippen LogP contribution in [-0.2, 0) is 4.79 Å². The van der Waals surface area contributed by atoms with E-state index in [1.807, 2.05) is 37.3 Å². The van der Waals surface area contributed by atoms with E-state index < -0.39 is 0 Å². The van der Waals surface area contributed by atoms with Gasteiger partial charge in [-0.25, -0.2) is 0 Å². The standard InChI is InChI=1S/C16H20N4OS2/c1-2-20(13-8-4-3-5-9-13)14(21)12-22-16-18-17-15(23-16)19-10-6-7-11-19/h3-5,8-9H,2,6-7,10-12H2,1H3. The predicted octanol–water partition coefficient (Wildman–Crippen LogP) is 3.28. The number of carbonyl (C=O) groups excluding carboxylic acids is 1. The molecule has 3 rings (SSSR count). The van der Waals surface area contributed by atoms with Gasteiger partial charge in [-0.1, -0.05) is 41.3 Å². The highest BCUT2D eigenvalue weighted by Crippen LogP contribution is 2.30. The van der Waals surface area contributed by atoms with Gasteiger partial charge in [0.05, 0.1) is 5.75 Å². The fourth-order valence-electron chi connectivity index (χ4n) is 2.61. The van der Waals surface area contributed by atoms with Gasteiger partial charge in [-0.15, -0.1) is 10.2 Å². The summed E-state index contributed by atoms with van der Waals surface area (Å²) in [6.07, 6.45) is 2.45. The number of para-hydroxylation sites is 1. The van der Waals surface area contributed by atoms with Gasteiger partial charge in [0.2, 0.25) is 11.0 Å². The normalized spacial score (nSPS) is 14.2. The Labute approximate surface area is 144 Å². The van der Waals surface area contributed by atoms with E-state index in [1.54, 1.807) is 16.2 Å². The van der Waals surface area contributed by atoms with Crippen LogP contribution in [0.5, 0.6) is 0 Å². The molecular formula is C16H20N4OS2. The molecule has 5 nitrogen and oxygen atoms in total. The van der Waals surface area contributed by atoms with Crippen molar-refractivity contribution in [2.75, 3.05) is 35.2 Å². The highest BCUT2D eigenvalue weighted by Gasteiger charge is 2.18. The Morgan fingerprint density at radius 2 is 2.00 bits per heavy atom. The van der Waals surface area contributed by atoms with Crippen LogP contribution in [0, 0.1) is 0 Å². The Balaban J connectivity index is 1.58. The topological polar surface area (TPSA) is 49.3 Å². The third-order valence-electron chi connectivity index (χ3n) is 3.78. The van der Waals surface area contributed by atoms with E-state index in [4.69, 9.17) is 0 Å². The van der Waals surface area contributed by atoms with Gasteiger partial charge >= 0.3 is 0 Å². The fourth-order valence-corrected chi connectivity index (χ4v) is 4.38. The average Bonchev–Trinajstić information content (AvgIpc) is 3.26.